The number of para-hydroxylation sites is 1. The SMILES string of the molecule is CCNC(=NCCc1c[nH]c2ccccc12)N1CCC2(CCOC2)C1. The molecule has 0 bridgehead atoms. The molecule has 4 rings (SSSR count). The highest BCUT2D eigenvalue weighted by Gasteiger charge is 2.42. The van der Waals surface area contributed by atoms with Gasteiger partial charge >= 0.3 is 0 Å². The maximum absolute atomic E-state index is 5.65. The van der Waals surface area contributed by atoms with Gasteiger partial charge in [-0.15, -0.1) is 0 Å². The first kappa shape index (κ1) is 16.5. The molecule has 1 spiro atoms. The number of fused-ring (bicyclic) bond motifs is 1. The van der Waals surface area contributed by atoms with Gasteiger partial charge in [0.05, 0.1) is 6.61 Å². The van der Waals surface area contributed by atoms with Crippen LogP contribution in [0.5, 0.6) is 0 Å². The van der Waals surface area contributed by atoms with Crippen LogP contribution in [-0.2, 0) is 11.2 Å². The Bertz CT molecular complexity index is 745. The number of benzene rings is 1. The van der Waals surface area contributed by atoms with Crippen molar-refractivity contribution >= 4 is 16.9 Å². The van der Waals surface area contributed by atoms with Gasteiger partial charge in [0, 0.05) is 55.3 Å². The quantitative estimate of drug-likeness (QED) is 0.665. The molecule has 2 fully saturated rings. The number of ether oxygens (including phenoxy) is 1. The summed E-state index contributed by atoms with van der Waals surface area (Å²) in [6, 6.07) is 8.47. The normalized spacial score (nSPS) is 23.9. The van der Waals surface area contributed by atoms with Gasteiger partial charge in [0.25, 0.3) is 0 Å². The second-order valence-corrected chi connectivity index (χ2v) is 7.32. The van der Waals surface area contributed by atoms with Crippen molar-refractivity contribution < 1.29 is 4.74 Å². The monoisotopic (exact) mass is 340 g/mol. The molecule has 1 aromatic heterocycles. The molecular weight excluding hydrogens is 312 g/mol. The van der Waals surface area contributed by atoms with E-state index in [4.69, 9.17) is 9.73 Å². The van der Waals surface area contributed by atoms with Crippen molar-refractivity contribution in [3.8, 4) is 0 Å². The Kier molecular flexibility index (Phi) is 4.66. The highest BCUT2D eigenvalue weighted by atomic mass is 16.5. The summed E-state index contributed by atoms with van der Waals surface area (Å²) < 4.78 is 5.65. The van der Waals surface area contributed by atoms with Crippen LogP contribution in [-0.4, -0.2) is 55.2 Å². The molecule has 0 amide bonds. The zero-order valence-corrected chi connectivity index (χ0v) is 15.1. The number of likely N-dealkylation sites (tertiary alicyclic amines) is 1. The van der Waals surface area contributed by atoms with Crippen LogP contribution in [0.2, 0.25) is 0 Å². The van der Waals surface area contributed by atoms with Crippen molar-refractivity contribution in [3.63, 3.8) is 0 Å². The summed E-state index contributed by atoms with van der Waals surface area (Å²) in [5, 5.41) is 4.79. The van der Waals surface area contributed by atoms with Gasteiger partial charge in [-0.1, -0.05) is 18.2 Å². The molecule has 2 N–H and O–H groups in total. The minimum atomic E-state index is 0.368. The van der Waals surface area contributed by atoms with E-state index in [1.807, 2.05) is 0 Å². The molecule has 1 aromatic carbocycles. The molecule has 2 aliphatic rings. The minimum absolute atomic E-state index is 0.368. The summed E-state index contributed by atoms with van der Waals surface area (Å²) in [7, 11) is 0. The number of aromatic nitrogens is 1. The van der Waals surface area contributed by atoms with Crippen molar-refractivity contribution in [3.05, 3.63) is 36.0 Å². The number of guanidine groups is 1. The van der Waals surface area contributed by atoms with Crippen molar-refractivity contribution in [1.82, 2.24) is 15.2 Å². The molecule has 0 saturated carbocycles. The molecule has 5 nitrogen and oxygen atoms in total. The summed E-state index contributed by atoms with van der Waals surface area (Å²) in [5.41, 5.74) is 2.92. The van der Waals surface area contributed by atoms with Gasteiger partial charge in [-0.05, 0) is 37.8 Å². The van der Waals surface area contributed by atoms with Crippen LogP contribution in [0.1, 0.15) is 25.3 Å². The number of nitrogens with zero attached hydrogens (tertiary/aromatic N) is 2. The van der Waals surface area contributed by atoms with Gasteiger partial charge in [0.15, 0.2) is 5.96 Å². The Morgan fingerprint density at radius 2 is 2.28 bits per heavy atom. The number of nitrogens with one attached hydrogen (secondary N) is 2. The van der Waals surface area contributed by atoms with Crippen LogP contribution >= 0.6 is 0 Å². The lowest BCUT2D eigenvalue weighted by Gasteiger charge is -2.25. The number of rotatable bonds is 4. The molecule has 25 heavy (non-hydrogen) atoms. The van der Waals surface area contributed by atoms with E-state index in [0.29, 0.717) is 5.41 Å². The van der Waals surface area contributed by atoms with Gasteiger partial charge in [-0.3, -0.25) is 4.99 Å². The fourth-order valence-corrected chi connectivity index (χ4v) is 4.13. The smallest absolute Gasteiger partial charge is 0.193 e. The van der Waals surface area contributed by atoms with Crippen LogP contribution in [0, 0.1) is 5.41 Å². The Morgan fingerprint density at radius 1 is 1.36 bits per heavy atom. The average molecular weight is 340 g/mol. The van der Waals surface area contributed by atoms with Crippen molar-refractivity contribution in [2.75, 3.05) is 39.4 Å². The van der Waals surface area contributed by atoms with E-state index in [1.54, 1.807) is 0 Å². The van der Waals surface area contributed by atoms with Gasteiger partial charge in [0.2, 0.25) is 0 Å². The number of hydrogen-bond donors (Lipinski definition) is 2. The molecule has 5 heteroatoms. The van der Waals surface area contributed by atoms with Crippen LogP contribution in [0.25, 0.3) is 10.9 Å². The predicted molar refractivity (Wildman–Crippen MR) is 102 cm³/mol. The van der Waals surface area contributed by atoms with E-state index in [-0.39, 0.29) is 0 Å². The van der Waals surface area contributed by atoms with Gasteiger partial charge in [0.1, 0.15) is 0 Å². The Hall–Kier alpha value is -2.01. The Morgan fingerprint density at radius 3 is 3.12 bits per heavy atom. The molecule has 2 aliphatic heterocycles. The largest absolute Gasteiger partial charge is 0.381 e. The maximum atomic E-state index is 5.65. The zero-order valence-electron chi connectivity index (χ0n) is 15.1. The standard InChI is InChI=1S/C20H28N4O/c1-2-21-19(24-11-8-20(14-24)9-12-25-15-20)22-10-7-16-13-23-18-6-4-3-5-17(16)18/h3-6,13,23H,2,7-12,14-15H2,1H3,(H,21,22). The summed E-state index contributed by atoms with van der Waals surface area (Å²) in [4.78, 5) is 10.7. The topological polar surface area (TPSA) is 52.7 Å². The Balaban J connectivity index is 1.42. The lowest BCUT2D eigenvalue weighted by Crippen LogP contribution is -2.41. The minimum Gasteiger partial charge on any atom is -0.381 e. The van der Waals surface area contributed by atoms with E-state index in [1.165, 1.54) is 29.3 Å². The highest BCUT2D eigenvalue weighted by Crippen LogP contribution is 2.38. The van der Waals surface area contributed by atoms with Gasteiger partial charge < -0.3 is 19.9 Å². The first-order valence-corrected chi connectivity index (χ1v) is 9.46. The lowest BCUT2D eigenvalue weighted by molar-refractivity contribution is 0.156. The molecule has 3 heterocycles. The molecule has 0 aliphatic carbocycles. The number of H-pyrrole nitrogens is 1. The molecule has 1 atom stereocenters. The number of aliphatic imine (C=N–C) groups is 1. The molecular formula is C20H28N4O. The second-order valence-electron chi connectivity index (χ2n) is 7.32. The van der Waals surface area contributed by atoms with Crippen LogP contribution in [0.15, 0.2) is 35.5 Å². The third kappa shape index (κ3) is 3.38. The number of aromatic amines is 1. The van der Waals surface area contributed by atoms with E-state index in [9.17, 15) is 0 Å². The van der Waals surface area contributed by atoms with E-state index in [2.05, 4.69) is 52.6 Å². The summed E-state index contributed by atoms with van der Waals surface area (Å²) in [5.74, 6) is 1.06. The summed E-state index contributed by atoms with van der Waals surface area (Å²) >= 11 is 0. The van der Waals surface area contributed by atoms with Crippen LogP contribution < -0.4 is 5.32 Å². The van der Waals surface area contributed by atoms with Gasteiger partial charge in [-0.25, -0.2) is 0 Å². The molecule has 2 saturated heterocycles. The highest BCUT2D eigenvalue weighted by molar-refractivity contribution is 5.83. The van der Waals surface area contributed by atoms with Crippen molar-refractivity contribution in [2.24, 2.45) is 10.4 Å². The van der Waals surface area contributed by atoms with E-state index >= 15 is 0 Å². The van der Waals surface area contributed by atoms with E-state index in [0.717, 1.165) is 51.8 Å². The Labute approximate surface area is 149 Å². The van der Waals surface area contributed by atoms with Gasteiger partial charge in [-0.2, -0.15) is 0 Å². The maximum Gasteiger partial charge on any atom is 0.193 e. The first-order chi connectivity index (χ1) is 12.3. The first-order valence-electron chi connectivity index (χ1n) is 9.46. The lowest BCUT2D eigenvalue weighted by atomic mass is 9.87. The molecule has 1 unspecified atom stereocenters. The summed E-state index contributed by atoms with van der Waals surface area (Å²) in [6.45, 7) is 7.85. The van der Waals surface area contributed by atoms with Crippen molar-refractivity contribution in [1.29, 1.82) is 0 Å². The van der Waals surface area contributed by atoms with E-state index < -0.39 is 0 Å². The predicted octanol–water partition coefficient (Wildman–Crippen LogP) is 2.79. The second kappa shape index (κ2) is 7.08. The molecule has 2 aromatic rings. The third-order valence-electron chi connectivity index (χ3n) is 5.58. The average Bonchev–Trinajstić information content (AvgIpc) is 3.36. The number of hydrogen-bond acceptors (Lipinski definition) is 2. The summed E-state index contributed by atoms with van der Waals surface area (Å²) in [6.07, 6.45) is 5.49. The fourth-order valence-electron chi connectivity index (χ4n) is 4.13. The molecule has 134 valence electrons. The fraction of sp³-hybridized carbons (Fsp3) is 0.550. The zero-order chi connectivity index (χ0) is 17.1. The molecule has 0 radical (unpaired) electrons. The van der Waals surface area contributed by atoms with Crippen LogP contribution in [0.3, 0.4) is 0 Å². The van der Waals surface area contributed by atoms with Crippen molar-refractivity contribution in [2.45, 2.75) is 26.2 Å². The van der Waals surface area contributed by atoms with Crippen LogP contribution in [0.4, 0.5) is 0 Å². The third-order valence-corrected chi connectivity index (χ3v) is 5.58.